The van der Waals surface area contributed by atoms with E-state index >= 15 is 0 Å². The molecule has 0 atom stereocenters. The number of nitrogens with zero attached hydrogens (tertiary/aromatic N) is 1. The van der Waals surface area contributed by atoms with Crippen molar-refractivity contribution in [3.8, 4) is 0 Å². The van der Waals surface area contributed by atoms with Gasteiger partial charge in [0.25, 0.3) is 0 Å². The number of likely N-dealkylation sites (N-methyl/N-ethyl adjacent to an activating group) is 1. The van der Waals surface area contributed by atoms with E-state index in [0.717, 1.165) is 36.3 Å². The molecule has 3 nitrogen and oxygen atoms in total. The lowest BCUT2D eigenvalue weighted by Crippen LogP contribution is -2.53. The van der Waals surface area contributed by atoms with Crippen LogP contribution in [0.1, 0.15) is 89.0 Å². The zero-order valence-corrected chi connectivity index (χ0v) is 19.3. The second-order valence-electron chi connectivity index (χ2n) is 10.2. The fourth-order valence-corrected chi connectivity index (χ4v) is 5.33. The van der Waals surface area contributed by atoms with Gasteiger partial charge in [-0.1, -0.05) is 75.3 Å². The maximum Gasteiger partial charge on any atom is 0.362 e. The fourth-order valence-electron chi connectivity index (χ4n) is 5.33. The lowest BCUT2D eigenvalue weighted by atomic mass is 9.89. The molecule has 3 rings (SSSR count). The van der Waals surface area contributed by atoms with E-state index in [0.29, 0.717) is 6.54 Å². The summed E-state index contributed by atoms with van der Waals surface area (Å²) in [6.07, 6.45) is 17.8. The van der Waals surface area contributed by atoms with E-state index in [9.17, 15) is 4.79 Å². The smallest absolute Gasteiger partial charge is 0.362 e. The molecule has 168 valence electrons. The third kappa shape index (κ3) is 8.41. The SMILES string of the molecule is C[N+]1(CC(=O)OC2CCCCCCCCCCC2)CCC(Cc2ccccc2)CC1. The molecular weight excluding hydrogens is 370 g/mol. The Labute approximate surface area is 184 Å². The zero-order chi connectivity index (χ0) is 21.1. The molecule has 0 unspecified atom stereocenters. The number of piperidine rings is 1. The molecule has 0 spiro atoms. The molecule has 0 bridgehead atoms. The molecule has 2 fully saturated rings. The van der Waals surface area contributed by atoms with Crippen LogP contribution in [0.5, 0.6) is 0 Å². The monoisotopic (exact) mass is 414 g/mol. The van der Waals surface area contributed by atoms with E-state index in [-0.39, 0.29) is 12.1 Å². The Morgan fingerprint density at radius 1 is 0.833 bits per heavy atom. The summed E-state index contributed by atoms with van der Waals surface area (Å²) < 4.78 is 6.89. The molecule has 1 saturated heterocycles. The zero-order valence-electron chi connectivity index (χ0n) is 19.3. The van der Waals surface area contributed by atoms with Crippen LogP contribution in [0.25, 0.3) is 0 Å². The maximum absolute atomic E-state index is 12.8. The molecule has 1 aromatic rings. The van der Waals surface area contributed by atoms with E-state index in [2.05, 4.69) is 37.4 Å². The number of esters is 1. The summed E-state index contributed by atoms with van der Waals surface area (Å²) >= 11 is 0. The summed E-state index contributed by atoms with van der Waals surface area (Å²) in [5, 5.41) is 0. The minimum absolute atomic E-state index is 0.0381. The van der Waals surface area contributed by atoms with Crippen LogP contribution in [0.3, 0.4) is 0 Å². The van der Waals surface area contributed by atoms with E-state index < -0.39 is 0 Å². The molecule has 1 aliphatic carbocycles. The molecule has 1 saturated carbocycles. The van der Waals surface area contributed by atoms with Crippen molar-refractivity contribution in [1.29, 1.82) is 0 Å². The molecule has 3 heteroatoms. The number of rotatable bonds is 5. The number of benzene rings is 1. The predicted octanol–water partition coefficient (Wildman–Crippen LogP) is 6.30. The van der Waals surface area contributed by atoms with Gasteiger partial charge in [0.15, 0.2) is 6.54 Å². The van der Waals surface area contributed by atoms with Crippen molar-refractivity contribution in [2.75, 3.05) is 26.7 Å². The number of hydrogen-bond donors (Lipinski definition) is 0. The summed E-state index contributed by atoms with van der Waals surface area (Å²) in [5.41, 5.74) is 1.44. The normalized spacial score (nSPS) is 27.6. The van der Waals surface area contributed by atoms with Gasteiger partial charge in [-0.2, -0.15) is 0 Å². The van der Waals surface area contributed by atoms with Crippen molar-refractivity contribution < 1.29 is 14.0 Å². The van der Waals surface area contributed by atoms with Gasteiger partial charge in [0.05, 0.1) is 20.1 Å². The van der Waals surface area contributed by atoms with Crippen LogP contribution in [0, 0.1) is 5.92 Å². The minimum Gasteiger partial charge on any atom is -0.458 e. The number of carbonyl (C=O) groups is 1. The van der Waals surface area contributed by atoms with Crippen LogP contribution in [0.2, 0.25) is 0 Å². The fraction of sp³-hybridized carbons (Fsp3) is 0.741. The number of quaternary nitrogens is 1. The Kier molecular flexibility index (Phi) is 9.71. The molecule has 1 aliphatic heterocycles. The largest absolute Gasteiger partial charge is 0.458 e. The summed E-state index contributed by atoms with van der Waals surface area (Å²) in [6.45, 7) is 2.74. The quantitative estimate of drug-likeness (QED) is 0.417. The van der Waals surface area contributed by atoms with Gasteiger partial charge in [0, 0.05) is 0 Å². The average molecular weight is 415 g/mol. The Hall–Kier alpha value is -1.35. The van der Waals surface area contributed by atoms with Crippen molar-refractivity contribution in [3.63, 3.8) is 0 Å². The van der Waals surface area contributed by atoms with Gasteiger partial charge in [-0.25, -0.2) is 4.79 Å². The summed E-state index contributed by atoms with van der Waals surface area (Å²) in [6, 6.07) is 10.8. The first-order valence-electron chi connectivity index (χ1n) is 12.7. The van der Waals surface area contributed by atoms with Gasteiger partial charge < -0.3 is 9.22 Å². The van der Waals surface area contributed by atoms with Gasteiger partial charge in [0.1, 0.15) is 6.10 Å². The van der Waals surface area contributed by atoms with Gasteiger partial charge in [0.2, 0.25) is 0 Å². The second-order valence-corrected chi connectivity index (χ2v) is 10.2. The first kappa shape index (κ1) is 23.3. The Bertz CT molecular complexity index is 595. The number of ether oxygens (including phenoxy) is 1. The average Bonchev–Trinajstić information content (AvgIpc) is 2.72. The third-order valence-electron chi connectivity index (χ3n) is 7.38. The van der Waals surface area contributed by atoms with Gasteiger partial charge in [-0.05, 0) is 56.4 Å². The number of likely N-dealkylation sites (tertiary alicyclic amines) is 1. The van der Waals surface area contributed by atoms with E-state index in [1.165, 1.54) is 82.6 Å². The van der Waals surface area contributed by atoms with Crippen molar-refractivity contribution in [1.82, 2.24) is 0 Å². The molecule has 0 radical (unpaired) electrons. The van der Waals surface area contributed by atoms with Crippen molar-refractivity contribution in [2.24, 2.45) is 5.92 Å². The molecular formula is C27H44NO2+. The van der Waals surface area contributed by atoms with Gasteiger partial charge in [-0.3, -0.25) is 0 Å². The van der Waals surface area contributed by atoms with Crippen LogP contribution < -0.4 is 0 Å². The summed E-state index contributed by atoms with van der Waals surface area (Å²) in [5.74, 6) is 0.789. The van der Waals surface area contributed by atoms with Crippen molar-refractivity contribution in [2.45, 2.75) is 96.0 Å². The van der Waals surface area contributed by atoms with E-state index in [4.69, 9.17) is 4.74 Å². The summed E-state index contributed by atoms with van der Waals surface area (Å²) in [7, 11) is 2.25. The molecule has 0 aromatic heterocycles. The Balaban J connectivity index is 1.41. The topological polar surface area (TPSA) is 26.3 Å². The highest BCUT2D eigenvalue weighted by molar-refractivity contribution is 5.70. The second kappa shape index (κ2) is 12.5. The Morgan fingerprint density at radius 3 is 1.93 bits per heavy atom. The van der Waals surface area contributed by atoms with Crippen LogP contribution in [-0.2, 0) is 16.0 Å². The minimum atomic E-state index is 0.0381. The first-order chi connectivity index (χ1) is 14.6. The highest BCUT2D eigenvalue weighted by atomic mass is 16.5. The molecule has 2 aliphatic rings. The lowest BCUT2D eigenvalue weighted by Gasteiger charge is -2.40. The maximum atomic E-state index is 12.8. The molecule has 30 heavy (non-hydrogen) atoms. The van der Waals surface area contributed by atoms with E-state index in [1.54, 1.807) is 0 Å². The highest BCUT2D eigenvalue weighted by Crippen LogP contribution is 2.26. The highest BCUT2D eigenvalue weighted by Gasteiger charge is 2.33. The number of carbonyl (C=O) groups excluding carboxylic acids is 1. The molecule has 0 amide bonds. The first-order valence-corrected chi connectivity index (χ1v) is 12.7. The summed E-state index contributed by atoms with van der Waals surface area (Å²) in [4.78, 5) is 12.8. The van der Waals surface area contributed by atoms with Gasteiger partial charge in [-0.15, -0.1) is 0 Å². The van der Waals surface area contributed by atoms with Crippen LogP contribution >= 0.6 is 0 Å². The van der Waals surface area contributed by atoms with Gasteiger partial charge >= 0.3 is 5.97 Å². The third-order valence-corrected chi connectivity index (χ3v) is 7.38. The predicted molar refractivity (Wildman–Crippen MR) is 124 cm³/mol. The van der Waals surface area contributed by atoms with Crippen LogP contribution in [-0.4, -0.2) is 43.2 Å². The van der Waals surface area contributed by atoms with Crippen LogP contribution in [0.4, 0.5) is 0 Å². The van der Waals surface area contributed by atoms with Crippen LogP contribution in [0.15, 0.2) is 30.3 Å². The standard InChI is InChI=1S/C27H44NO2/c1-28(20-18-25(19-21-28)22-24-14-10-9-11-15-24)23-27(29)30-26-16-12-7-5-3-2-4-6-8-13-17-26/h9-11,14-15,25-26H,2-8,12-13,16-23H2,1H3/q+1. The van der Waals surface area contributed by atoms with Crippen molar-refractivity contribution in [3.05, 3.63) is 35.9 Å². The molecule has 1 aromatic carbocycles. The molecule has 0 N–H and O–H groups in total. The molecule has 1 heterocycles. The van der Waals surface area contributed by atoms with E-state index in [1.807, 2.05) is 0 Å². The van der Waals surface area contributed by atoms with Crippen molar-refractivity contribution >= 4 is 5.97 Å². The lowest BCUT2D eigenvalue weighted by molar-refractivity contribution is -0.908. The Morgan fingerprint density at radius 2 is 1.37 bits per heavy atom. The number of hydrogen-bond acceptors (Lipinski definition) is 2.